The molecule has 0 radical (unpaired) electrons. The van der Waals surface area contributed by atoms with Crippen LogP contribution in [0, 0.1) is 6.92 Å². The molecule has 1 aromatic heterocycles. The van der Waals surface area contributed by atoms with Gasteiger partial charge in [0, 0.05) is 17.0 Å². The topological polar surface area (TPSA) is 42.0 Å². The summed E-state index contributed by atoms with van der Waals surface area (Å²) in [7, 11) is 0. The number of thiazole rings is 1. The number of benzene rings is 2. The van der Waals surface area contributed by atoms with Crippen molar-refractivity contribution in [2.75, 3.05) is 6.54 Å². The summed E-state index contributed by atoms with van der Waals surface area (Å²) < 4.78 is 38.2. The molecule has 1 amide bonds. The molecule has 3 rings (SSSR count). The van der Waals surface area contributed by atoms with E-state index in [0.29, 0.717) is 12.0 Å². The summed E-state index contributed by atoms with van der Waals surface area (Å²) in [6.45, 7) is 2.20. The van der Waals surface area contributed by atoms with E-state index in [4.69, 9.17) is 0 Å². The molecule has 0 saturated heterocycles. The normalized spacial score (nSPS) is 11.4. The van der Waals surface area contributed by atoms with Crippen molar-refractivity contribution in [3.63, 3.8) is 0 Å². The summed E-state index contributed by atoms with van der Waals surface area (Å²) in [5.41, 5.74) is 1.58. The summed E-state index contributed by atoms with van der Waals surface area (Å²) in [6, 6.07) is 14.9. The van der Waals surface area contributed by atoms with Crippen LogP contribution in [0.5, 0.6) is 0 Å². The molecule has 0 aliphatic carbocycles. The minimum Gasteiger partial charge on any atom is -0.355 e. The van der Waals surface area contributed by atoms with Gasteiger partial charge in [-0.1, -0.05) is 48.5 Å². The van der Waals surface area contributed by atoms with E-state index in [1.54, 1.807) is 6.07 Å². The predicted molar refractivity (Wildman–Crippen MR) is 104 cm³/mol. The van der Waals surface area contributed by atoms with Crippen LogP contribution < -0.4 is 5.32 Å². The predicted octanol–water partition coefficient (Wildman–Crippen LogP) is 5.04. The van der Waals surface area contributed by atoms with Crippen molar-refractivity contribution in [1.29, 1.82) is 0 Å². The number of hydrogen-bond donors (Lipinski definition) is 1. The molecule has 3 nitrogen and oxygen atoms in total. The smallest absolute Gasteiger partial charge is 0.355 e. The zero-order valence-electron chi connectivity index (χ0n) is 15.2. The van der Waals surface area contributed by atoms with Crippen molar-refractivity contribution in [2.24, 2.45) is 0 Å². The molecule has 146 valence electrons. The Morgan fingerprint density at radius 1 is 1.11 bits per heavy atom. The van der Waals surface area contributed by atoms with Crippen LogP contribution in [0.3, 0.4) is 0 Å². The molecule has 1 N–H and O–H groups in total. The Labute approximate surface area is 165 Å². The molecule has 0 aliphatic heterocycles. The van der Waals surface area contributed by atoms with E-state index in [2.05, 4.69) is 10.3 Å². The lowest BCUT2D eigenvalue weighted by Crippen LogP contribution is -2.27. The van der Waals surface area contributed by atoms with Crippen molar-refractivity contribution >= 4 is 17.2 Å². The second kappa shape index (κ2) is 8.56. The van der Waals surface area contributed by atoms with Crippen LogP contribution in [0.2, 0.25) is 0 Å². The number of aryl methyl sites for hydroxylation is 1. The zero-order valence-corrected chi connectivity index (χ0v) is 16.0. The first-order valence-corrected chi connectivity index (χ1v) is 9.59. The number of carbonyl (C=O) groups excluding carboxylic acids is 1. The lowest BCUT2D eigenvalue weighted by molar-refractivity contribution is -0.137. The van der Waals surface area contributed by atoms with E-state index in [0.717, 1.165) is 33.3 Å². The molecule has 2 aromatic carbocycles. The minimum atomic E-state index is -4.36. The molecule has 1 heterocycles. The Morgan fingerprint density at radius 3 is 2.57 bits per heavy atom. The highest BCUT2D eigenvalue weighted by Crippen LogP contribution is 2.30. The van der Waals surface area contributed by atoms with E-state index >= 15 is 0 Å². The van der Waals surface area contributed by atoms with Gasteiger partial charge < -0.3 is 5.32 Å². The van der Waals surface area contributed by atoms with E-state index in [9.17, 15) is 18.0 Å². The van der Waals surface area contributed by atoms with Gasteiger partial charge in [-0.2, -0.15) is 13.2 Å². The molecular formula is C21H19F3N2OS. The molecule has 0 unspecified atom stereocenters. The lowest BCUT2D eigenvalue weighted by atomic mass is 10.1. The monoisotopic (exact) mass is 404 g/mol. The SMILES string of the molecule is Cc1sc(-c2ccccc2)nc1CC(=O)NCCc1cccc(C(F)(F)F)c1. The molecule has 28 heavy (non-hydrogen) atoms. The molecule has 0 bridgehead atoms. The average Bonchev–Trinajstić information content (AvgIpc) is 3.02. The summed E-state index contributed by atoms with van der Waals surface area (Å²) in [5, 5.41) is 3.62. The van der Waals surface area contributed by atoms with Crippen LogP contribution in [0.25, 0.3) is 10.6 Å². The fourth-order valence-corrected chi connectivity index (χ4v) is 3.70. The summed E-state index contributed by atoms with van der Waals surface area (Å²) in [4.78, 5) is 17.7. The molecule has 7 heteroatoms. The second-order valence-corrected chi connectivity index (χ2v) is 7.57. The van der Waals surface area contributed by atoms with Gasteiger partial charge >= 0.3 is 6.18 Å². The highest BCUT2D eigenvalue weighted by atomic mass is 32.1. The van der Waals surface area contributed by atoms with Gasteiger partial charge in [-0.3, -0.25) is 4.79 Å². The van der Waals surface area contributed by atoms with Gasteiger partial charge in [-0.25, -0.2) is 4.98 Å². The Kier molecular flexibility index (Phi) is 6.14. The summed E-state index contributed by atoms with van der Waals surface area (Å²) >= 11 is 1.54. The van der Waals surface area contributed by atoms with Crippen molar-refractivity contribution in [1.82, 2.24) is 10.3 Å². The van der Waals surface area contributed by atoms with Gasteiger partial charge in [0.2, 0.25) is 5.91 Å². The van der Waals surface area contributed by atoms with Gasteiger partial charge in [-0.05, 0) is 25.0 Å². The van der Waals surface area contributed by atoms with Crippen LogP contribution in [0.15, 0.2) is 54.6 Å². The molecule has 0 saturated carbocycles. The van der Waals surface area contributed by atoms with Gasteiger partial charge in [0.25, 0.3) is 0 Å². The highest BCUT2D eigenvalue weighted by Gasteiger charge is 2.30. The minimum absolute atomic E-state index is 0.151. The number of aromatic nitrogens is 1. The first-order valence-electron chi connectivity index (χ1n) is 8.77. The largest absolute Gasteiger partial charge is 0.416 e. The first-order chi connectivity index (χ1) is 13.3. The lowest BCUT2D eigenvalue weighted by Gasteiger charge is -2.09. The molecule has 0 atom stereocenters. The molecule has 3 aromatic rings. The van der Waals surface area contributed by atoms with Crippen molar-refractivity contribution < 1.29 is 18.0 Å². The number of rotatable bonds is 6. The maximum atomic E-state index is 12.7. The molecule has 0 spiro atoms. The Hall–Kier alpha value is -2.67. The summed E-state index contributed by atoms with van der Waals surface area (Å²) in [6.07, 6.45) is -3.88. The Bertz CT molecular complexity index is 952. The molecular weight excluding hydrogens is 385 g/mol. The third-order valence-electron chi connectivity index (χ3n) is 4.23. The van der Waals surface area contributed by atoms with Crippen LogP contribution in [0.4, 0.5) is 13.2 Å². The number of nitrogens with one attached hydrogen (secondary N) is 1. The molecule has 0 aliphatic rings. The van der Waals surface area contributed by atoms with Gasteiger partial charge in [0.05, 0.1) is 17.7 Å². The summed E-state index contributed by atoms with van der Waals surface area (Å²) in [5.74, 6) is -0.194. The molecule has 0 fully saturated rings. The average molecular weight is 404 g/mol. The number of alkyl halides is 3. The van der Waals surface area contributed by atoms with Crippen LogP contribution in [0.1, 0.15) is 21.7 Å². The third-order valence-corrected chi connectivity index (χ3v) is 5.29. The number of halogens is 3. The standard InChI is InChI=1S/C21H19F3N2OS/c1-14-18(26-20(28-14)16-7-3-2-4-8-16)13-19(27)25-11-10-15-6-5-9-17(12-15)21(22,23)24/h2-9,12H,10-11,13H2,1H3,(H,25,27). The van der Waals surface area contributed by atoms with Crippen molar-refractivity contribution in [3.05, 3.63) is 76.3 Å². The van der Waals surface area contributed by atoms with Crippen LogP contribution in [-0.4, -0.2) is 17.4 Å². The number of amides is 1. The fraction of sp³-hybridized carbons (Fsp3) is 0.238. The van der Waals surface area contributed by atoms with Crippen molar-refractivity contribution in [2.45, 2.75) is 25.9 Å². The quantitative estimate of drug-likeness (QED) is 0.626. The second-order valence-electron chi connectivity index (χ2n) is 6.36. The fourth-order valence-electron chi connectivity index (χ4n) is 2.76. The Balaban J connectivity index is 1.55. The van der Waals surface area contributed by atoms with Gasteiger partial charge in [0.15, 0.2) is 0 Å². The number of carbonyl (C=O) groups is 1. The van der Waals surface area contributed by atoms with Crippen LogP contribution in [-0.2, 0) is 23.8 Å². The first kappa shape index (κ1) is 20.1. The Morgan fingerprint density at radius 2 is 1.86 bits per heavy atom. The van der Waals surface area contributed by atoms with E-state index in [1.165, 1.54) is 17.4 Å². The van der Waals surface area contributed by atoms with E-state index in [-0.39, 0.29) is 18.9 Å². The van der Waals surface area contributed by atoms with E-state index < -0.39 is 11.7 Å². The maximum Gasteiger partial charge on any atom is 0.416 e. The zero-order chi connectivity index (χ0) is 20.1. The number of nitrogens with zero attached hydrogens (tertiary/aromatic N) is 1. The van der Waals surface area contributed by atoms with Crippen LogP contribution >= 0.6 is 11.3 Å². The van der Waals surface area contributed by atoms with Gasteiger partial charge in [-0.15, -0.1) is 11.3 Å². The van der Waals surface area contributed by atoms with Crippen molar-refractivity contribution in [3.8, 4) is 10.6 Å². The third kappa shape index (κ3) is 5.19. The van der Waals surface area contributed by atoms with Gasteiger partial charge in [0.1, 0.15) is 5.01 Å². The number of hydrogen-bond acceptors (Lipinski definition) is 3. The maximum absolute atomic E-state index is 12.7. The van der Waals surface area contributed by atoms with E-state index in [1.807, 2.05) is 37.3 Å². The highest BCUT2D eigenvalue weighted by molar-refractivity contribution is 7.15.